The van der Waals surface area contributed by atoms with E-state index in [0.717, 1.165) is 22.6 Å². The van der Waals surface area contributed by atoms with Gasteiger partial charge in [-0.2, -0.15) is 0 Å². The number of aryl methyl sites for hydroxylation is 1. The summed E-state index contributed by atoms with van der Waals surface area (Å²) in [5.41, 5.74) is 1.50. The molecule has 0 aliphatic heterocycles. The SMILES string of the molecule is COc1c(C)cnc(CC(C)(O)C(OC)OC)c1C. The highest BCUT2D eigenvalue weighted by atomic mass is 16.7. The van der Waals surface area contributed by atoms with Crippen LogP contribution < -0.4 is 4.74 Å². The van der Waals surface area contributed by atoms with Crippen molar-refractivity contribution in [3.8, 4) is 5.75 Å². The normalized spacial score (nSPS) is 14.5. The summed E-state index contributed by atoms with van der Waals surface area (Å²) in [6, 6.07) is 0. The van der Waals surface area contributed by atoms with Gasteiger partial charge in [-0.05, 0) is 20.8 Å². The molecule has 0 saturated carbocycles. The molecule has 19 heavy (non-hydrogen) atoms. The highest BCUT2D eigenvalue weighted by Gasteiger charge is 2.34. The van der Waals surface area contributed by atoms with Gasteiger partial charge in [0.2, 0.25) is 0 Å². The van der Waals surface area contributed by atoms with Crippen molar-refractivity contribution in [3.63, 3.8) is 0 Å². The van der Waals surface area contributed by atoms with Crippen molar-refractivity contribution >= 4 is 0 Å². The zero-order chi connectivity index (χ0) is 14.6. The van der Waals surface area contributed by atoms with Crippen LogP contribution in [-0.2, 0) is 15.9 Å². The molecule has 0 radical (unpaired) electrons. The number of hydrogen-bond donors (Lipinski definition) is 1. The number of hydrogen-bond acceptors (Lipinski definition) is 5. The molecule has 1 unspecified atom stereocenters. The summed E-state index contributed by atoms with van der Waals surface area (Å²) in [7, 11) is 4.63. The Morgan fingerprint density at radius 1 is 1.26 bits per heavy atom. The molecular weight excluding hydrogens is 246 g/mol. The maximum absolute atomic E-state index is 10.5. The summed E-state index contributed by atoms with van der Waals surface area (Å²) in [6.07, 6.45) is 1.36. The van der Waals surface area contributed by atoms with Gasteiger partial charge in [0.05, 0.1) is 7.11 Å². The van der Waals surface area contributed by atoms with E-state index in [1.54, 1.807) is 20.2 Å². The molecule has 0 aliphatic carbocycles. The minimum atomic E-state index is -1.17. The Balaban J connectivity index is 3.06. The van der Waals surface area contributed by atoms with Crippen molar-refractivity contribution in [2.24, 2.45) is 0 Å². The number of pyridine rings is 1. The van der Waals surface area contributed by atoms with Gasteiger partial charge in [0, 0.05) is 43.7 Å². The molecule has 0 fully saturated rings. The van der Waals surface area contributed by atoms with Crippen molar-refractivity contribution in [2.75, 3.05) is 21.3 Å². The molecule has 5 heteroatoms. The van der Waals surface area contributed by atoms with Gasteiger partial charge < -0.3 is 19.3 Å². The van der Waals surface area contributed by atoms with Gasteiger partial charge in [-0.15, -0.1) is 0 Å². The Hall–Kier alpha value is -1.17. The maximum Gasteiger partial charge on any atom is 0.185 e. The standard InChI is InChI=1S/C14H23NO4/c1-9-8-15-11(10(2)12(9)17-4)7-14(3,16)13(18-5)19-6/h8,13,16H,7H2,1-6H3. The van der Waals surface area contributed by atoms with Crippen LogP contribution in [0.1, 0.15) is 23.7 Å². The van der Waals surface area contributed by atoms with Gasteiger partial charge in [0.1, 0.15) is 11.4 Å². The lowest BCUT2D eigenvalue weighted by atomic mass is 9.96. The molecule has 1 aromatic heterocycles. The van der Waals surface area contributed by atoms with Gasteiger partial charge >= 0.3 is 0 Å². The lowest BCUT2D eigenvalue weighted by Gasteiger charge is -2.30. The lowest BCUT2D eigenvalue weighted by Crippen LogP contribution is -2.44. The van der Waals surface area contributed by atoms with Crippen molar-refractivity contribution in [1.82, 2.24) is 4.98 Å². The van der Waals surface area contributed by atoms with Crippen LogP contribution in [0.15, 0.2) is 6.20 Å². The summed E-state index contributed by atoms with van der Waals surface area (Å²) < 4.78 is 15.6. The molecule has 0 spiro atoms. The predicted octanol–water partition coefficient (Wildman–Crippen LogP) is 1.62. The molecule has 1 aromatic rings. The second-order valence-corrected chi connectivity index (χ2v) is 4.88. The van der Waals surface area contributed by atoms with Crippen LogP contribution in [0, 0.1) is 13.8 Å². The van der Waals surface area contributed by atoms with Gasteiger partial charge in [0.25, 0.3) is 0 Å². The minimum Gasteiger partial charge on any atom is -0.496 e. The molecule has 1 atom stereocenters. The van der Waals surface area contributed by atoms with Gasteiger partial charge in [-0.1, -0.05) is 0 Å². The highest BCUT2D eigenvalue weighted by molar-refractivity contribution is 5.41. The van der Waals surface area contributed by atoms with Crippen LogP contribution >= 0.6 is 0 Å². The van der Waals surface area contributed by atoms with Crippen molar-refractivity contribution in [3.05, 3.63) is 23.0 Å². The van der Waals surface area contributed by atoms with Crippen molar-refractivity contribution < 1.29 is 19.3 Å². The molecule has 108 valence electrons. The van der Waals surface area contributed by atoms with E-state index >= 15 is 0 Å². The molecule has 1 heterocycles. The van der Waals surface area contributed by atoms with Crippen LogP contribution in [-0.4, -0.2) is 43.3 Å². The molecule has 0 bridgehead atoms. The Bertz CT molecular complexity index is 428. The first-order valence-corrected chi connectivity index (χ1v) is 6.14. The summed E-state index contributed by atoms with van der Waals surface area (Å²) in [4.78, 5) is 4.37. The van der Waals surface area contributed by atoms with E-state index < -0.39 is 11.9 Å². The molecule has 0 amide bonds. The van der Waals surface area contributed by atoms with Crippen LogP contribution in [0.2, 0.25) is 0 Å². The maximum atomic E-state index is 10.5. The second kappa shape index (κ2) is 6.32. The van der Waals surface area contributed by atoms with E-state index in [1.165, 1.54) is 14.2 Å². The quantitative estimate of drug-likeness (QED) is 0.795. The third kappa shape index (κ3) is 3.43. The summed E-state index contributed by atoms with van der Waals surface area (Å²) in [6.45, 7) is 5.53. The molecule has 1 rings (SSSR count). The number of methoxy groups -OCH3 is 3. The number of nitrogens with zero attached hydrogens (tertiary/aromatic N) is 1. The second-order valence-electron chi connectivity index (χ2n) is 4.88. The van der Waals surface area contributed by atoms with Crippen molar-refractivity contribution in [1.29, 1.82) is 0 Å². The monoisotopic (exact) mass is 269 g/mol. The molecular formula is C14H23NO4. The van der Waals surface area contributed by atoms with Gasteiger partial charge in [-0.25, -0.2) is 0 Å². The van der Waals surface area contributed by atoms with E-state index in [1.807, 2.05) is 13.8 Å². The number of rotatable bonds is 6. The number of ether oxygens (including phenoxy) is 3. The van der Waals surface area contributed by atoms with E-state index in [4.69, 9.17) is 14.2 Å². The van der Waals surface area contributed by atoms with Crippen LogP contribution in [0.5, 0.6) is 5.75 Å². The fourth-order valence-corrected chi connectivity index (χ4v) is 2.28. The van der Waals surface area contributed by atoms with E-state index in [0.29, 0.717) is 6.42 Å². The first-order chi connectivity index (χ1) is 8.87. The average Bonchev–Trinajstić information content (AvgIpc) is 2.34. The van der Waals surface area contributed by atoms with Gasteiger partial charge in [-0.3, -0.25) is 4.98 Å². The molecule has 0 saturated heterocycles. The highest BCUT2D eigenvalue weighted by Crippen LogP contribution is 2.27. The molecule has 5 nitrogen and oxygen atoms in total. The van der Waals surface area contributed by atoms with E-state index in [9.17, 15) is 5.11 Å². The van der Waals surface area contributed by atoms with Crippen LogP contribution in [0.4, 0.5) is 0 Å². The fourth-order valence-electron chi connectivity index (χ4n) is 2.28. The van der Waals surface area contributed by atoms with Crippen LogP contribution in [0.3, 0.4) is 0 Å². The van der Waals surface area contributed by atoms with E-state index in [-0.39, 0.29) is 0 Å². The zero-order valence-electron chi connectivity index (χ0n) is 12.5. The smallest absolute Gasteiger partial charge is 0.185 e. The topological polar surface area (TPSA) is 60.8 Å². The molecule has 1 N–H and O–H groups in total. The Kier molecular flexibility index (Phi) is 5.29. The summed E-state index contributed by atoms with van der Waals surface area (Å²) in [5.74, 6) is 0.798. The Morgan fingerprint density at radius 2 is 1.84 bits per heavy atom. The molecule has 0 aromatic carbocycles. The average molecular weight is 269 g/mol. The Morgan fingerprint density at radius 3 is 2.32 bits per heavy atom. The predicted molar refractivity (Wildman–Crippen MR) is 72.4 cm³/mol. The fraction of sp³-hybridized carbons (Fsp3) is 0.643. The first-order valence-electron chi connectivity index (χ1n) is 6.14. The van der Waals surface area contributed by atoms with Crippen LogP contribution in [0.25, 0.3) is 0 Å². The number of aromatic nitrogens is 1. The summed E-state index contributed by atoms with van der Waals surface area (Å²) >= 11 is 0. The Labute approximate surface area is 114 Å². The van der Waals surface area contributed by atoms with Crippen molar-refractivity contribution in [2.45, 2.75) is 39.1 Å². The minimum absolute atomic E-state index is 0.321. The third-order valence-corrected chi connectivity index (χ3v) is 3.21. The number of aliphatic hydroxyl groups is 1. The van der Waals surface area contributed by atoms with E-state index in [2.05, 4.69) is 4.98 Å². The lowest BCUT2D eigenvalue weighted by molar-refractivity contribution is -0.207. The molecule has 0 aliphatic rings. The largest absolute Gasteiger partial charge is 0.496 e. The zero-order valence-corrected chi connectivity index (χ0v) is 12.5. The summed E-state index contributed by atoms with van der Waals surface area (Å²) in [5, 5.41) is 10.5. The first kappa shape index (κ1) is 15.9. The van der Waals surface area contributed by atoms with Gasteiger partial charge in [0.15, 0.2) is 6.29 Å². The third-order valence-electron chi connectivity index (χ3n) is 3.21.